The van der Waals surface area contributed by atoms with Crippen LogP contribution in [0.2, 0.25) is 0 Å². The third-order valence-electron chi connectivity index (χ3n) is 3.99. The standard InChI is InChI=1S/C19H19N5O7/c1-12(9-18(25)20-14-4-7-16(31-2)8-5-14)21-22-19(26)10-13-3-6-15(23(27)28)11-17(13)24(29)30/h3-8,11H,9-10H2,1-2H3,(H,20,25)(H,22,26). The predicted molar refractivity (Wildman–Crippen MR) is 111 cm³/mol. The van der Waals surface area contributed by atoms with Crippen LogP contribution in [0.3, 0.4) is 0 Å². The van der Waals surface area contributed by atoms with E-state index in [-0.39, 0.29) is 17.9 Å². The lowest BCUT2D eigenvalue weighted by Gasteiger charge is -2.07. The topological polar surface area (TPSA) is 166 Å². The van der Waals surface area contributed by atoms with Crippen molar-refractivity contribution >= 4 is 34.6 Å². The van der Waals surface area contributed by atoms with Gasteiger partial charge in [-0.3, -0.25) is 29.8 Å². The van der Waals surface area contributed by atoms with Crippen molar-refractivity contribution in [1.82, 2.24) is 5.43 Å². The summed E-state index contributed by atoms with van der Waals surface area (Å²) in [6, 6.07) is 9.73. The number of nitrogens with one attached hydrogen (secondary N) is 2. The molecule has 0 aliphatic heterocycles. The van der Waals surface area contributed by atoms with E-state index in [1.807, 2.05) is 0 Å². The van der Waals surface area contributed by atoms with E-state index in [1.165, 1.54) is 14.0 Å². The highest BCUT2D eigenvalue weighted by atomic mass is 16.6. The fourth-order valence-electron chi connectivity index (χ4n) is 2.51. The number of nitro benzene ring substituents is 2. The SMILES string of the molecule is COc1ccc(NC(=O)CC(C)=NNC(=O)Cc2ccc([N+](=O)[O-])cc2[N+](=O)[O-])cc1. The van der Waals surface area contributed by atoms with Gasteiger partial charge in [0.2, 0.25) is 11.8 Å². The van der Waals surface area contributed by atoms with E-state index in [9.17, 15) is 29.8 Å². The van der Waals surface area contributed by atoms with Crippen LogP contribution in [0.15, 0.2) is 47.6 Å². The molecular weight excluding hydrogens is 410 g/mol. The number of carbonyl (C=O) groups excluding carboxylic acids is 2. The molecule has 0 bridgehead atoms. The van der Waals surface area contributed by atoms with Gasteiger partial charge in [0.25, 0.3) is 11.4 Å². The van der Waals surface area contributed by atoms with Crippen LogP contribution in [0.5, 0.6) is 5.75 Å². The molecule has 2 amide bonds. The Kier molecular flexibility index (Phi) is 7.72. The van der Waals surface area contributed by atoms with Crippen LogP contribution in [-0.2, 0) is 16.0 Å². The van der Waals surface area contributed by atoms with E-state index in [1.54, 1.807) is 24.3 Å². The minimum atomic E-state index is -0.798. The molecule has 162 valence electrons. The fraction of sp³-hybridized carbons (Fsp3) is 0.211. The van der Waals surface area contributed by atoms with Gasteiger partial charge in [-0.2, -0.15) is 5.10 Å². The molecule has 0 saturated carbocycles. The normalized spacial score (nSPS) is 10.8. The third kappa shape index (κ3) is 6.88. The number of carbonyl (C=O) groups is 2. The maximum atomic E-state index is 12.1. The molecule has 0 aliphatic carbocycles. The molecule has 0 aliphatic rings. The molecule has 0 aromatic heterocycles. The number of anilines is 1. The number of nitrogens with zero attached hydrogens (tertiary/aromatic N) is 3. The van der Waals surface area contributed by atoms with Gasteiger partial charge in [-0.25, -0.2) is 5.43 Å². The second-order valence-corrected chi connectivity index (χ2v) is 6.34. The van der Waals surface area contributed by atoms with Crippen LogP contribution in [0.25, 0.3) is 0 Å². The first-order valence-corrected chi connectivity index (χ1v) is 8.87. The van der Waals surface area contributed by atoms with Gasteiger partial charge in [-0.15, -0.1) is 0 Å². The first-order valence-electron chi connectivity index (χ1n) is 8.87. The molecule has 2 rings (SSSR count). The predicted octanol–water partition coefficient (Wildman–Crippen LogP) is 2.58. The lowest BCUT2D eigenvalue weighted by atomic mass is 10.1. The first kappa shape index (κ1) is 22.9. The summed E-state index contributed by atoms with van der Waals surface area (Å²) in [5.74, 6) is -0.384. The maximum absolute atomic E-state index is 12.1. The zero-order valence-electron chi connectivity index (χ0n) is 16.7. The number of hydrogen-bond acceptors (Lipinski definition) is 8. The van der Waals surface area contributed by atoms with Crippen LogP contribution in [0, 0.1) is 20.2 Å². The van der Waals surface area contributed by atoms with Crippen molar-refractivity contribution in [2.45, 2.75) is 19.8 Å². The van der Waals surface area contributed by atoms with Crippen molar-refractivity contribution in [2.24, 2.45) is 5.10 Å². The Balaban J connectivity index is 1.93. The van der Waals surface area contributed by atoms with Crippen LogP contribution >= 0.6 is 0 Å². The Morgan fingerprint density at radius 3 is 2.29 bits per heavy atom. The molecule has 0 atom stereocenters. The summed E-state index contributed by atoms with van der Waals surface area (Å²) in [6.45, 7) is 1.53. The molecule has 2 N–H and O–H groups in total. The second kappa shape index (κ2) is 10.4. The first-order chi connectivity index (χ1) is 14.7. The summed E-state index contributed by atoms with van der Waals surface area (Å²) in [6.07, 6.45) is -0.507. The second-order valence-electron chi connectivity index (χ2n) is 6.34. The number of benzene rings is 2. The van der Waals surface area contributed by atoms with E-state index < -0.39 is 33.5 Å². The number of methoxy groups -OCH3 is 1. The molecule has 31 heavy (non-hydrogen) atoms. The molecule has 12 nitrogen and oxygen atoms in total. The summed E-state index contributed by atoms with van der Waals surface area (Å²) < 4.78 is 5.03. The molecular formula is C19H19N5O7. The Labute approximate surface area is 176 Å². The summed E-state index contributed by atoms with van der Waals surface area (Å²) in [5.41, 5.74) is 2.09. The van der Waals surface area contributed by atoms with Gasteiger partial charge < -0.3 is 10.1 Å². The number of hydrogen-bond donors (Lipinski definition) is 2. The summed E-state index contributed by atoms with van der Waals surface area (Å²) in [5, 5.41) is 28.4. The monoisotopic (exact) mass is 429 g/mol. The highest BCUT2D eigenvalue weighted by Gasteiger charge is 2.21. The maximum Gasteiger partial charge on any atom is 0.279 e. The lowest BCUT2D eigenvalue weighted by molar-refractivity contribution is -0.394. The summed E-state index contributed by atoms with van der Waals surface area (Å²) in [4.78, 5) is 44.4. The third-order valence-corrected chi connectivity index (χ3v) is 3.99. The van der Waals surface area contributed by atoms with Crippen LogP contribution in [0.1, 0.15) is 18.9 Å². The van der Waals surface area contributed by atoms with Gasteiger partial charge in [0, 0.05) is 23.0 Å². The molecule has 0 spiro atoms. The van der Waals surface area contributed by atoms with Gasteiger partial charge in [-0.1, -0.05) is 0 Å². The lowest BCUT2D eigenvalue weighted by Crippen LogP contribution is -2.23. The largest absolute Gasteiger partial charge is 0.497 e. The number of non-ortho nitro benzene ring substituents is 1. The molecule has 2 aromatic carbocycles. The van der Waals surface area contributed by atoms with Crippen molar-refractivity contribution in [2.75, 3.05) is 12.4 Å². The molecule has 0 saturated heterocycles. The number of ether oxygens (including phenoxy) is 1. The Morgan fingerprint density at radius 1 is 1.03 bits per heavy atom. The molecule has 0 unspecified atom stereocenters. The zero-order valence-corrected chi connectivity index (χ0v) is 16.7. The average molecular weight is 429 g/mol. The molecule has 0 fully saturated rings. The smallest absolute Gasteiger partial charge is 0.279 e. The van der Waals surface area contributed by atoms with Crippen LogP contribution in [0.4, 0.5) is 17.1 Å². The molecule has 0 heterocycles. The van der Waals surface area contributed by atoms with E-state index in [0.717, 1.165) is 18.2 Å². The van der Waals surface area contributed by atoms with E-state index in [2.05, 4.69) is 15.8 Å². The summed E-state index contributed by atoms with van der Waals surface area (Å²) in [7, 11) is 1.53. The van der Waals surface area contributed by atoms with Crippen molar-refractivity contribution < 1.29 is 24.2 Å². The van der Waals surface area contributed by atoms with Crippen molar-refractivity contribution in [3.63, 3.8) is 0 Å². The number of hydrazone groups is 1. The highest BCUT2D eigenvalue weighted by molar-refractivity contribution is 6.05. The van der Waals surface area contributed by atoms with Gasteiger partial charge in [0.05, 0.1) is 35.9 Å². The molecule has 12 heteroatoms. The van der Waals surface area contributed by atoms with Crippen LogP contribution in [-0.4, -0.2) is 34.5 Å². The van der Waals surface area contributed by atoms with Gasteiger partial charge >= 0.3 is 0 Å². The highest BCUT2D eigenvalue weighted by Crippen LogP contribution is 2.25. The Bertz CT molecular complexity index is 1030. The van der Waals surface area contributed by atoms with Crippen LogP contribution < -0.4 is 15.5 Å². The van der Waals surface area contributed by atoms with Crippen molar-refractivity contribution in [3.05, 3.63) is 68.3 Å². The van der Waals surface area contributed by atoms with E-state index >= 15 is 0 Å². The average Bonchev–Trinajstić information content (AvgIpc) is 2.72. The van der Waals surface area contributed by atoms with Gasteiger partial charge in [-0.05, 0) is 37.3 Å². The number of nitro groups is 2. The number of rotatable bonds is 9. The quantitative estimate of drug-likeness (QED) is 0.351. The number of amides is 2. The molecule has 0 radical (unpaired) electrons. The van der Waals surface area contributed by atoms with Crippen molar-refractivity contribution in [3.8, 4) is 5.75 Å². The van der Waals surface area contributed by atoms with E-state index in [0.29, 0.717) is 17.1 Å². The minimum Gasteiger partial charge on any atom is -0.497 e. The van der Waals surface area contributed by atoms with Gasteiger partial charge in [0.15, 0.2) is 0 Å². The summed E-state index contributed by atoms with van der Waals surface area (Å²) >= 11 is 0. The Morgan fingerprint density at radius 2 is 1.71 bits per heavy atom. The fourth-order valence-corrected chi connectivity index (χ4v) is 2.51. The molecule has 2 aromatic rings. The zero-order chi connectivity index (χ0) is 23.0. The van der Waals surface area contributed by atoms with Gasteiger partial charge in [0.1, 0.15) is 5.75 Å². The Hall–Kier alpha value is -4.35. The van der Waals surface area contributed by atoms with E-state index in [4.69, 9.17) is 4.74 Å². The minimum absolute atomic E-state index is 0.00166. The van der Waals surface area contributed by atoms with Crippen molar-refractivity contribution in [1.29, 1.82) is 0 Å².